The molecule has 0 heterocycles. The van der Waals surface area contributed by atoms with Crippen LogP contribution in [0.4, 0.5) is 4.39 Å². The molecule has 0 amide bonds. The van der Waals surface area contributed by atoms with Crippen molar-refractivity contribution in [3.05, 3.63) is 39.6 Å². The summed E-state index contributed by atoms with van der Waals surface area (Å²) in [6, 6.07) is 4.76. The fraction of sp³-hybridized carbons (Fsp3) is 0.467. The lowest BCUT2D eigenvalue weighted by atomic mass is 9.84. The van der Waals surface area contributed by atoms with Gasteiger partial charge in [0.25, 0.3) is 0 Å². The average Bonchev–Trinajstić information content (AvgIpc) is 2.41. The third-order valence-corrected chi connectivity index (χ3v) is 4.61. The van der Waals surface area contributed by atoms with E-state index in [2.05, 4.69) is 22.0 Å². The first kappa shape index (κ1) is 14.1. The molecule has 0 radical (unpaired) electrons. The summed E-state index contributed by atoms with van der Waals surface area (Å²) in [7, 11) is 0. The van der Waals surface area contributed by atoms with Gasteiger partial charge in [-0.1, -0.05) is 46.8 Å². The molecular formula is C15H17BrClF. The molecule has 0 nitrogen and oxygen atoms in total. The Labute approximate surface area is 121 Å². The van der Waals surface area contributed by atoms with Crippen LogP contribution in [-0.4, -0.2) is 5.88 Å². The molecule has 0 saturated heterocycles. The van der Waals surface area contributed by atoms with Gasteiger partial charge in [0.05, 0.1) is 0 Å². The molecule has 0 N–H and O–H groups in total. The number of rotatable bonds is 3. The van der Waals surface area contributed by atoms with Gasteiger partial charge in [-0.3, -0.25) is 0 Å². The van der Waals surface area contributed by atoms with E-state index in [1.54, 1.807) is 12.1 Å². The summed E-state index contributed by atoms with van der Waals surface area (Å²) in [6.07, 6.45) is 8.37. The van der Waals surface area contributed by atoms with E-state index in [0.717, 1.165) is 10.0 Å². The topological polar surface area (TPSA) is 0 Å². The van der Waals surface area contributed by atoms with E-state index in [4.69, 9.17) is 11.6 Å². The number of benzene rings is 1. The molecule has 0 unspecified atom stereocenters. The van der Waals surface area contributed by atoms with Crippen molar-refractivity contribution in [3.8, 4) is 0 Å². The largest absolute Gasteiger partial charge is 0.207 e. The van der Waals surface area contributed by atoms with Crippen molar-refractivity contribution in [3.63, 3.8) is 0 Å². The van der Waals surface area contributed by atoms with Gasteiger partial charge in [0.1, 0.15) is 5.82 Å². The zero-order valence-corrected chi connectivity index (χ0v) is 12.6. The Balaban J connectivity index is 2.24. The van der Waals surface area contributed by atoms with Crippen molar-refractivity contribution in [2.45, 2.75) is 32.1 Å². The van der Waals surface area contributed by atoms with Gasteiger partial charge < -0.3 is 0 Å². The van der Waals surface area contributed by atoms with Crippen LogP contribution in [0.3, 0.4) is 0 Å². The molecule has 3 heteroatoms. The Hall–Kier alpha value is -0.340. The summed E-state index contributed by atoms with van der Waals surface area (Å²) >= 11 is 9.52. The van der Waals surface area contributed by atoms with Crippen molar-refractivity contribution >= 4 is 33.6 Å². The maximum Gasteiger partial charge on any atom is 0.123 e. The van der Waals surface area contributed by atoms with Crippen LogP contribution in [-0.2, 0) is 0 Å². The Morgan fingerprint density at radius 2 is 2.06 bits per heavy atom. The van der Waals surface area contributed by atoms with Crippen LogP contribution in [0.15, 0.2) is 28.2 Å². The standard InChI is InChI=1S/C15H17BrClF/c16-15-7-6-14(18)9-12(15)8-13(10-17)11-4-2-1-3-5-11/h6-9,11H,1-5,10H2/b13-8-. The number of hydrogen-bond acceptors (Lipinski definition) is 0. The second-order valence-electron chi connectivity index (χ2n) is 4.85. The molecule has 1 aliphatic carbocycles. The van der Waals surface area contributed by atoms with E-state index in [-0.39, 0.29) is 5.82 Å². The maximum atomic E-state index is 13.3. The minimum Gasteiger partial charge on any atom is -0.207 e. The van der Waals surface area contributed by atoms with E-state index in [1.807, 2.05) is 0 Å². The molecule has 1 fully saturated rings. The Bertz CT molecular complexity index is 436. The van der Waals surface area contributed by atoms with Gasteiger partial charge in [-0.05, 0) is 42.5 Å². The highest BCUT2D eigenvalue weighted by Crippen LogP contribution is 2.32. The molecule has 2 rings (SSSR count). The summed E-state index contributed by atoms with van der Waals surface area (Å²) in [4.78, 5) is 0. The van der Waals surface area contributed by atoms with E-state index in [1.165, 1.54) is 43.7 Å². The smallest absolute Gasteiger partial charge is 0.123 e. The van der Waals surface area contributed by atoms with E-state index < -0.39 is 0 Å². The van der Waals surface area contributed by atoms with Crippen LogP contribution in [0.2, 0.25) is 0 Å². The molecule has 0 atom stereocenters. The lowest BCUT2D eigenvalue weighted by Crippen LogP contribution is -2.10. The third kappa shape index (κ3) is 3.58. The highest BCUT2D eigenvalue weighted by Gasteiger charge is 2.17. The molecule has 98 valence electrons. The van der Waals surface area contributed by atoms with Crippen molar-refractivity contribution in [1.29, 1.82) is 0 Å². The maximum absolute atomic E-state index is 13.3. The van der Waals surface area contributed by atoms with Crippen molar-refractivity contribution in [2.24, 2.45) is 5.92 Å². The molecular weight excluding hydrogens is 315 g/mol. The Morgan fingerprint density at radius 3 is 2.72 bits per heavy atom. The molecule has 0 aliphatic heterocycles. The van der Waals surface area contributed by atoms with Crippen LogP contribution < -0.4 is 0 Å². The number of halogens is 3. The minimum atomic E-state index is -0.206. The first-order chi connectivity index (χ1) is 8.70. The zero-order chi connectivity index (χ0) is 13.0. The van der Waals surface area contributed by atoms with Crippen molar-refractivity contribution < 1.29 is 4.39 Å². The number of hydrogen-bond donors (Lipinski definition) is 0. The quantitative estimate of drug-likeness (QED) is 0.615. The molecule has 1 aliphatic rings. The first-order valence-electron chi connectivity index (χ1n) is 6.42. The van der Waals surface area contributed by atoms with Gasteiger partial charge in [-0.25, -0.2) is 4.39 Å². The summed E-state index contributed by atoms with van der Waals surface area (Å²) in [6.45, 7) is 0. The summed E-state index contributed by atoms with van der Waals surface area (Å²) < 4.78 is 14.2. The molecule has 1 aromatic carbocycles. The normalized spacial score (nSPS) is 18.1. The zero-order valence-electron chi connectivity index (χ0n) is 10.3. The predicted molar refractivity (Wildman–Crippen MR) is 79.4 cm³/mol. The summed E-state index contributed by atoms with van der Waals surface area (Å²) in [5.74, 6) is 0.904. The highest BCUT2D eigenvalue weighted by molar-refractivity contribution is 9.10. The molecule has 0 spiro atoms. The van der Waals surface area contributed by atoms with E-state index in [0.29, 0.717) is 11.8 Å². The van der Waals surface area contributed by atoms with Gasteiger partial charge in [0.15, 0.2) is 0 Å². The van der Waals surface area contributed by atoms with Crippen molar-refractivity contribution in [1.82, 2.24) is 0 Å². The molecule has 1 saturated carbocycles. The minimum absolute atomic E-state index is 0.206. The van der Waals surface area contributed by atoms with Crippen molar-refractivity contribution in [2.75, 3.05) is 5.88 Å². The van der Waals surface area contributed by atoms with E-state index in [9.17, 15) is 4.39 Å². The van der Waals surface area contributed by atoms with Crippen LogP contribution in [0, 0.1) is 11.7 Å². The summed E-state index contributed by atoms with van der Waals surface area (Å²) in [5.41, 5.74) is 2.12. The lowest BCUT2D eigenvalue weighted by Gasteiger charge is -2.23. The molecule has 1 aromatic rings. The van der Waals surface area contributed by atoms with Crippen LogP contribution in [0.5, 0.6) is 0 Å². The average molecular weight is 332 g/mol. The number of allylic oxidation sites excluding steroid dienone is 1. The Kier molecular flexibility index (Phi) is 5.25. The van der Waals surface area contributed by atoms with Crippen LogP contribution in [0.1, 0.15) is 37.7 Å². The second-order valence-corrected chi connectivity index (χ2v) is 5.98. The van der Waals surface area contributed by atoms with Crippen LogP contribution >= 0.6 is 27.5 Å². The van der Waals surface area contributed by atoms with E-state index >= 15 is 0 Å². The van der Waals surface area contributed by atoms with Crippen LogP contribution in [0.25, 0.3) is 6.08 Å². The van der Waals surface area contributed by atoms with Gasteiger partial charge in [-0.15, -0.1) is 11.6 Å². The molecule has 0 aromatic heterocycles. The second kappa shape index (κ2) is 6.72. The first-order valence-corrected chi connectivity index (χ1v) is 7.75. The molecule has 0 bridgehead atoms. The number of alkyl halides is 1. The highest BCUT2D eigenvalue weighted by atomic mass is 79.9. The fourth-order valence-corrected chi connectivity index (χ4v) is 3.22. The SMILES string of the molecule is Fc1ccc(Br)c(/C=C(/CCl)C2CCCCC2)c1. The van der Waals surface area contributed by atoms with Gasteiger partial charge in [-0.2, -0.15) is 0 Å². The fourth-order valence-electron chi connectivity index (χ4n) is 2.56. The predicted octanol–water partition coefficient (Wildman–Crippen LogP) is 5.79. The monoisotopic (exact) mass is 330 g/mol. The van der Waals surface area contributed by atoms with Gasteiger partial charge >= 0.3 is 0 Å². The lowest BCUT2D eigenvalue weighted by molar-refractivity contribution is 0.405. The van der Waals surface area contributed by atoms with Gasteiger partial charge in [0.2, 0.25) is 0 Å². The summed E-state index contributed by atoms with van der Waals surface area (Å²) in [5, 5.41) is 0. The molecule has 18 heavy (non-hydrogen) atoms. The Morgan fingerprint density at radius 1 is 1.33 bits per heavy atom. The van der Waals surface area contributed by atoms with Gasteiger partial charge in [0, 0.05) is 10.4 Å². The third-order valence-electron chi connectivity index (χ3n) is 3.58.